The monoisotopic (exact) mass is 310 g/mol. The van der Waals surface area contributed by atoms with Crippen LogP contribution < -0.4 is 10.6 Å². The molecule has 0 aliphatic carbocycles. The molecule has 1 aliphatic rings. The van der Waals surface area contributed by atoms with Crippen molar-refractivity contribution in [2.45, 2.75) is 12.8 Å². The van der Waals surface area contributed by atoms with Crippen LogP contribution in [0.4, 0.5) is 5.82 Å². The number of nitrogens with zero attached hydrogens (tertiary/aromatic N) is 3. The SMILES string of the molecule is CN(CC(N)=O)C(=O)C1CCN(c2ccc(Cl)cn2)CC1. The van der Waals surface area contributed by atoms with Gasteiger partial charge in [0, 0.05) is 32.3 Å². The second kappa shape index (κ2) is 6.76. The number of piperidine rings is 1. The summed E-state index contributed by atoms with van der Waals surface area (Å²) in [4.78, 5) is 30.9. The number of rotatable bonds is 4. The van der Waals surface area contributed by atoms with Gasteiger partial charge in [-0.25, -0.2) is 4.98 Å². The number of likely N-dealkylation sites (N-methyl/N-ethyl adjacent to an activating group) is 1. The standard InChI is InChI=1S/C14H19ClN4O2/c1-18(9-12(16)20)14(21)10-4-6-19(7-5-10)13-3-2-11(15)8-17-13/h2-3,8,10H,4-7,9H2,1H3,(H2,16,20). The van der Waals surface area contributed by atoms with Gasteiger partial charge in [0.05, 0.1) is 11.6 Å². The number of carbonyl (C=O) groups excluding carboxylic acids is 2. The highest BCUT2D eigenvalue weighted by atomic mass is 35.5. The third-order valence-corrected chi connectivity index (χ3v) is 3.87. The highest BCUT2D eigenvalue weighted by molar-refractivity contribution is 6.30. The number of hydrogen-bond donors (Lipinski definition) is 1. The van der Waals surface area contributed by atoms with Crippen molar-refractivity contribution < 1.29 is 9.59 Å². The first kappa shape index (κ1) is 15.6. The van der Waals surface area contributed by atoms with E-state index in [4.69, 9.17) is 17.3 Å². The molecular formula is C14H19ClN4O2. The lowest BCUT2D eigenvalue weighted by molar-refractivity contribution is -0.137. The molecule has 7 heteroatoms. The predicted molar refractivity (Wildman–Crippen MR) is 81.0 cm³/mol. The second-order valence-corrected chi connectivity index (χ2v) is 5.69. The van der Waals surface area contributed by atoms with Crippen LogP contribution in [-0.2, 0) is 9.59 Å². The van der Waals surface area contributed by atoms with Gasteiger partial charge in [-0.1, -0.05) is 11.6 Å². The fourth-order valence-corrected chi connectivity index (χ4v) is 2.65. The van der Waals surface area contributed by atoms with Gasteiger partial charge in [0.25, 0.3) is 0 Å². The van der Waals surface area contributed by atoms with E-state index < -0.39 is 5.91 Å². The minimum atomic E-state index is -0.492. The summed E-state index contributed by atoms with van der Waals surface area (Å²) in [6, 6.07) is 3.69. The first-order valence-electron chi connectivity index (χ1n) is 6.87. The first-order chi connectivity index (χ1) is 9.97. The van der Waals surface area contributed by atoms with Crippen molar-refractivity contribution in [3.8, 4) is 0 Å². The van der Waals surface area contributed by atoms with Crippen molar-refractivity contribution in [3.63, 3.8) is 0 Å². The van der Waals surface area contributed by atoms with Crippen LogP contribution in [0.2, 0.25) is 5.02 Å². The average Bonchev–Trinajstić information content (AvgIpc) is 2.47. The molecule has 1 fully saturated rings. The molecule has 0 aromatic carbocycles. The Bertz CT molecular complexity index is 512. The second-order valence-electron chi connectivity index (χ2n) is 5.26. The van der Waals surface area contributed by atoms with Crippen molar-refractivity contribution in [3.05, 3.63) is 23.4 Å². The van der Waals surface area contributed by atoms with Crippen LogP contribution in [0, 0.1) is 5.92 Å². The Morgan fingerprint density at radius 1 is 1.43 bits per heavy atom. The summed E-state index contributed by atoms with van der Waals surface area (Å²) in [6.07, 6.45) is 3.10. The number of hydrogen-bond acceptors (Lipinski definition) is 4. The van der Waals surface area contributed by atoms with Crippen LogP contribution in [0.1, 0.15) is 12.8 Å². The maximum absolute atomic E-state index is 12.2. The maximum Gasteiger partial charge on any atom is 0.237 e. The van der Waals surface area contributed by atoms with Gasteiger partial charge in [0.2, 0.25) is 11.8 Å². The minimum Gasteiger partial charge on any atom is -0.368 e. The largest absolute Gasteiger partial charge is 0.368 e. The van der Waals surface area contributed by atoms with Gasteiger partial charge >= 0.3 is 0 Å². The van der Waals surface area contributed by atoms with Crippen LogP contribution >= 0.6 is 11.6 Å². The summed E-state index contributed by atoms with van der Waals surface area (Å²) in [7, 11) is 1.61. The molecule has 1 saturated heterocycles. The lowest BCUT2D eigenvalue weighted by Crippen LogP contribution is -2.43. The Balaban J connectivity index is 1.89. The summed E-state index contributed by atoms with van der Waals surface area (Å²) in [6.45, 7) is 1.49. The molecule has 1 aromatic heterocycles. The summed E-state index contributed by atoms with van der Waals surface area (Å²) in [5, 5.41) is 0.608. The van der Waals surface area contributed by atoms with Gasteiger partial charge < -0.3 is 15.5 Å². The zero-order valence-corrected chi connectivity index (χ0v) is 12.7. The average molecular weight is 311 g/mol. The summed E-state index contributed by atoms with van der Waals surface area (Å²) in [5.41, 5.74) is 5.11. The molecule has 2 amide bonds. The third kappa shape index (κ3) is 4.07. The Labute approximate surface area is 128 Å². The van der Waals surface area contributed by atoms with Crippen LogP contribution in [0.15, 0.2) is 18.3 Å². The van der Waals surface area contributed by atoms with Crippen molar-refractivity contribution >= 4 is 29.2 Å². The van der Waals surface area contributed by atoms with Crippen molar-refractivity contribution in [1.29, 1.82) is 0 Å². The van der Waals surface area contributed by atoms with Crippen LogP contribution in [0.25, 0.3) is 0 Å². The molecule has 2 rings (SSSR count). The molecule has 0 radical (unpaired) electrons. The normalized spacial score (nSPS) is 15.8. The molecule has 0 unspecified atom stereocenters. The fourth-order valence-electron chi connectivity index (χ4n) is 2.53. The van der Waals surface area contributed by atoms with E-state index in [1.54, 1.807) is 13.2 Å². The zero-order chi connectivity index (χ0) is 15.4. The topological polar surface area (TPSA) is 79.5 Å². The van der Waals surface area contributed by atoms with E-state index in [1.807, 2.05) is 12.1 Å². The Morgan fingerprint density at radius 2 is 2.10 bits per heavy atom. The molecule has 1 aromatic rings. The van der Waals surface area contributed by atoms with Gasteiger partial charge in [0.15, 0.2) is 0 Å². The summed E-state index contributed by atoms with van der Waals surface area (Å²) < 4.78 is 0. The fraction of sp³-hybridized carbons (Fsp3) is 0.500. The number of amides is 2. The van der Waals surface area contributed by atoms with Crippen molar-refractivity contribution in [2.24, 2.45) is 11.7 Å². The number of halogens is 1. The minimum absolute atomic E-state index is 0.0162. The predicted octanol–water partition coefficient (Wildman–Crippen LogP) is 0.895. The summed E-state index contributed by atoms with van der Waals surface area (Å²) >= 11 is 5.82. The molecule has 21 heavy (non-hydrogen) atoms. The van der Waals surface area contributed by atoms with E-state index in [0.29, 0.717) is 5.02 Å². The highest BCUT2D eigenvalue weighted by Gasteiger charge is 2.28. The Morgan fingerprint density at radius 3 is 2.62 bits per heavy atom. The number of pyridine rings is 1. The summed E-state index contributed by atoms with van der Waals surface area (Å²) in [5.74, 6) is 0.305. The molecule has 1 aliphatic heterocycles. The molecule has 114 valence electrons. The van der Waals surface area contributed by atoms with Gasteiger partial charge in [-0.3, -0.25) is 9.59 Å². The van der Waals surface area contributed by atoms with Crippen LogP contribution in [-0.4, -0.2) is 48.4 Å². The number of carbonyl (C=O) groups is 2. The molecule has 0 spiro atoms. The van der Waals surface area contributed by atoms with E-state index in [9.17, 15) is 9.59 Å². The zero-order valence-electron chi connectivity index (χ0n) is 12.0. The smallest absolute Gasteiger partial charge is 0.237 e. The highest BCUT2D eigenvalue weighted by Crippen LogP contribution is 2.23. The molecule has 6 nitrogen and oxygen atoms in total. The number of aromatic nitrogens is 1. The van der Waals surface area contributed by atoms with Gasteiger partial charge in [0.1, 0.15) is 5.82 Å². The van der Waals surface area contributed by atoms with Crippen LogP contribution in [0.5, 0.6) is 0 Å². The van der Waals surface area contributed by atoms with Crippen molar-refractivity contribution in [1.82, 2.24) is 9.88 Å². The maximum atomic E-state index is 12.2. The molecule has 0 bridgehead atoms. The van der Waals surface area contributed by atoms with E-state index in [2.05, 4.69) is 9.88 Å². The number of anilines is 1. The molecule has 2 heterocycles. The third-order valence-electron chi connectivity index (χ3n) is 3.65. The van der Waals surface area contributed by atoms with Crippen LogP contribution in [0.3, 0.4) is 0 Å². The molecular weight excluding hydrogens is 292 g/mol. The van der Waals surface area contributed by atoms with E-state index in [0.717, 1.165) is 31.7 Å². The number of nitrogens with two attached hydrogens (primary N) is 1. The molecule has 0 saturated carbocycles. The molecule has 0 atom stereocenters. The van der Waals surface area contributed by atoms with Gasteiger partial charge in [-0.05, 0) is 25.0 Å². The first-order valence-corrected chi connectivity index (χ1v) is 7.25. The Hall–Kier alpha value is -1.82. The number of primary amides is 1. The van der Waals surface area contributed by atoms with E-state index >= 15 is 0 Å². The lowest BCUT2D eigenvalue weighted by Gasteiger charge is -2.33. The van der Waals surface area contributed by atoms with E-state index in [1.165, 1.54) is 4.90 Å². The lowest BCUT2D eigenvalue weighted by atomic mass is 9.95. The van der Waals surface area contributed by atoms with E-state index in [-0.39, 0.29) is 18.4 Å². The van der Waals surface area contributed by atoms with Gasteiger partial charge in [-0.2, -0.15) is 0 Å². The Kier molecular flexibility index (Phi) is 5.01. The molecule has 2 N–H and O–H groups in total. The van der Waals surface area contributed by atoms with Gasteiger partial charge in [-0.15, -0.1) is 0 Å². The quantitative estimate of drug-likeness (QED) is 0.896. The van der Waals surface area contributed by atoms with Crippen molar-refractivity contribution in [2.75, 3.05) is 31.6 Å².